The standard InChI is InChI=1S/C27H27ClFN3O3S/c1-4-25(23-14-15-24(28)27(26(23)29)35-21-8-6-5-7-9-21)31-19(3)20-16-30-32(17-20)36(33,34)22-12-10-18(2)11-13-22/h5-17,19,25,31H,4H2,1-3H3/t19?,25-/m1/s1. The van der Waals surface area contributed by atoms with Crippen LogP contribution >= 0.6 is 11.6 Å². The van der Waals surface area contributed by atoms with Crippen LogP contribution in [0.5, 0.6) is 11.5 Å². The molecule has 0 fully saturated rings. The first kappa shape index (κ1) is 25.9. The molecule has 0 saturated carbocycles. The van der Waals surface area contributed by atoms with Gasteiger partial charge in [-0.2, -0.15) is 17.6 Å². The first-order chi connectivity index (χ1) is 17.2. The van der Waals surface area contributed by atoms with Crippen LogP contribution in [0.4, 0.5) is 4.39 Å². The predicted molar refractivity (Wildman–Crippen MR) is 138 cm³/mol. The molecule has 0 aliphatic heterocycles. The lowest BCUT2D eigenvalue weighted by Crippen LogP contribution is -2.25. The number of aromatic nitrogens is 2. The Bertz CT molecular complexity index is 1440. The Kier molecular flexibility index (Phi) is 7.78. The summed E-state index contributed by atoms with van der Waals surface area (Å²) in [7, 11) is -3.81. The van der Waals surface area contributed by atoms with Crippen molar-refractivity contribution in [3.05, 3.63) is 107 Å². The molecule has 0 amide bonds. The highest BCUT2D eigenvalue weighted by molar-refractivity contribution is 7.89. The molecule has 6 nitrogen and oxygen atoms in total. The number of nitrogens with zero attached hydrogens (tertiary/aromatic N) is 2. The highest BCUT2D eigenvalue weighted by Gasteiger charge is 2.24. The van der Waals surface area contributed by atoms with Crippen LogP contribution < -0.4 is 10.1 Å². The number of halogens is 2. The quantitative estimate of drug-likeness (QED) is 0.259. The second-order valence-corrected chi connectivity index (χ2v) is 10.7. The van der Waals surface area contributed by atoms with Crippen LogP contribution in [-0.2, 0) is 10.0 Å². The number of benzene rings is 3. The molecule has 0 saturated heterocycles. The summed E-state index contributed by atoms with van der Waals surface area (Å²) in [5.41, 5.74) is 2.02. The molecule has 188 valence electrons. The van der Waals surface area contributed by atoms with Gasteiger partial charge >= 0.3 is 0 Å². The average Bonchev–Trinajstić information content (AvgIpc) is 3.38. The zero-order valence-corrected chi connectivity index (χ0v) is 21.7. The van der Waals surface area contributed by atoms with Crippen molar-refractivity contribution in [3.63, 3.8) is 0 Å². The monoisotopic (exact) mass is 527 g/mol. The summed E-state index contributed by atoms with van der Waals surface area (Å²) >= 11 is 6.25. The van der Waals surface area contributed by atoms with Crippen LogP contribution in [0.1, 0.15) is 49.0 Å². The summed E-state index contributed by atoms with van der Waals surface area (Å²) in [6, 6.07) is 18.0. The van der Waals surface area contributed by atoms with Gasteiger partial charge in [-0.3, -0.25) is 0 Å². The van der Waals surface area contributed by atoms with Crippen molar-refractivity contribution in [1.82, 2.24) is 14.5 Å². The molecular weight excluding hydrogens is 501 g/mol. The molecule has 9 heteroatoms. The van der Waals surface area contributed by atoms with Crippen LogP contribution in [0.15, 0.2) is 84.0 Å². The molecule has 0 aliphatic rings. The van der Waals surface area contributed by atoms with E-state index in [0.717, 1.165) is 9.65 Å². The largest absolute Gasteiger partial charge is 0.453 e. The summed E-state index contributed by atoms with van der Waals surface area (Å²) in [5.74, 6) is -0.104. The zero-order valence-electron chi connectivity index (χ0n) is 20.2. The van der Waals surface area contributed by atoms with Crippen molar-refractivity contribution < 1.29 is 17.5 Å². The van der Waals surface area contributed by atoms with Crippen molar-refractivity contribution >= 4 is 21.6 Å². The lowest BCUT2D eigenvalue weighted by molar-refractivity contribution is 0.410. The minimum absolute atomic E-state index is 0.0368. The fraction of sp³-hybridized carbons (Fsp3) is 0.222. The number of nitrogens with one attached hydrogen (secondary N) is 1. The molecule has 0 bridgehead atoms. The Labute approximate surface area is 215 Å². The Hall–Kier alpha value is -3.20. The molecular formula is C27H27ClFN3O3S. The van der Waals surface area contributed by atoms with Gasteiger partial charge in [0.25, 0.3) is 10.0 Å². The van der Waals surface area contributed by atoms with E-state index < -0.39 is 15.8 Å². The van der Waals surface area contributed by atoms with Crippen LogP contribution in [0.3, 0.4) is 0 Å². The van der Waals surface area contributed by atoms with E-state index in [1.54, 1.807) is 60.7 Å². The third kappa shape index (κ3) is 5.46. The maximum atomic E-state index is 15.5. The predicted octanol–water partition coefficient (Wildman–Crippen LogP) is 6.82. The van der Waals surface area contributed by atoms with Gasteiger partial charge in [-0.15, -0.1) is 0 Å². The van der Waals surface area contributed by atoms with Crippen molar-refractivity contribution in [2.24, 2.45) is 0 Å². The highest BCUT2D eigenvalue weighted by atomic mass is 35.5. The lowest BCUT2D eigenvalue weighted by Gasteiger charge is -2.23. The van der Waals surface area contributed by atoms with Gasteiger partial charge in [0, 0.05) is 29.4 Å². The molecule has 0 radical (unpaired) electrons. The van der Waals surface area contributed by atoms with Gasteiger partial charge in [-0.05, 0) is 50.6 Å². The topological polar surface area (TPSA) is 73.2 Å². The average molecular weight is 528 g/mol. The van der Waals surface area contributed by atoms with Gasteiger partial charge in [0.05, 0.1) is 16.1 Å². The Morgan fingerprint density at radius 3 is 2.44 bits per heavy atom. The molecule has 1 N–H and O–H groups in total. The minimum atomic E-state index is -3.81. The third-order valence-corrected chi connectivity index (χ3v) is 7.78. The molecule has 1 heterocycles. The fourth-order valence-corrected chi connectivity index (χ4v) is 5.15. The molecule has 1 aromatic heterocycles. The number of ether oxygens (including phenoxy) is 1. The van der Waals surface area contributed by atoms with Gasteiger partial charge in [0.1, 0.15) is 5.75 Å². The van der Waals surface area contributed by atoms with Crippen molar-refractivity contribution in [2.75, 3.05) is 0 Å². The fourth-order valence-electron chi connectivity index (χ4n) is 3.83. The van der Waals surface area contributed by atoms with E-state index >= 15 is 4.39 Å². The Morgan fingerprint density at radius 2 is 1.78 bits per heavy atom. The van der Waals surface area contributed by atoms with Crippen LogP contribution in [0, 0.1) is 12.7 Å². The zero-order chi connectivity index (χ0) is 25.9. The smallest absolute Gasteiger partial charge is 0.282 e. The SMILES string of the molecule is CC[C@@H](NC(C)c1cnn(S(=O)(=O)c2ccc(C)cc2)c1)c1ccc(Cl)c(Oc2ccccc2)c1F. The Morgan fingerprint density at radius 1 is 1.08 bits per heavy atom. The summed E-state index contributed by atoms with van der Waals surface area (Å²) in [4.78, 5) is 0.156. The van der Waals surface area contributed by atoms with E-state index in [-0.39, 0.29) is 27.8 Å². The summed E-state index contributed by atoms with van der Waals surface area (Å²) in [6.07, 6.45) is 3.55. The first-order valence-electron chi connectivity index (χ1n) is 11.5. The van der Waals surface area contributed by atoms with E-state index in [9.17, 15) is 8.42 Å². The second kappa shape index (κ2) is 10.8. The molecule has 0 spiro atoms. The van der Waals surface area contributed by atoms with Gasteiger partial charge in [0.2, 0.25) is 0 Å². The van der Waals surface area contributed by atoms with E-state index in [4.69, 9.17) is 16.3 Å². The molecule has 3 aromatic carbocycles. The molecule has 36 heavy (non-hydrogen) atoms. The van der Waals surface area contributed by atoms with Gasteiger partial charge in [-0.1, -0.05) is 60.5 Å². The van der Waals surface area contributed by atoms with Crippen LogP contribution in [0.2, 0.25) is 5.02 Å². The maximum Gasteiger partial charge on any atom is 0.282 e. The van der Waals surface area contributed by atoms with Crippen LogP contribution in [0.25, 0.3) is 0 Å². The Balaban J connectivity index is 1.55. The van der Waals surface area contributed by atoms with Gasteiger partial charge in [-0.25, -0.2) is 4.39 Å². The molecule has 4 aromatic rings. The molecule has 2 atom stereocenters. The molecule has 4 rings (SSSR count). The van der Waals surface area contributed by atoms with Gasteiger partial charge in [0.15, 0.2) is 11.6 Å². The summed E-state index contributed by atoms with van der Waals surface area (Å²) in [5, 5.41) is 7.63. The number of hydrogen-bond donors (Lipinski definition) is 1. The number of hydrogen-bond acceptors (Lipinski definition) is 5. The van der Waals surface area contributed by atoms with Crippen LogP contribution in [-0.4, -0.2) is 17.6 Å². The first-order valence-corrected chi connectivity index (χ1v) is 13.4. The number of aryl methyl sites for hydroxylation is 1. The highest BCUT2D eigenvalue weighted by Crippen LogP contribution is 2.37. The maximum absolute atomic E-state index is 15.5. The number of rotatable bonds is 9. The normalized spacial score (nSPS) is 13.4. The van der Waals surface area contributed by atoms with Crippen molar-refractivity contribution in [3.8, 4) is 11.5 Å². The summed E-state index contributed by atoms with van der Waals surface area (Å²) in [6.45, 7) is 5.69. The molecule has 0 aliphatic carbocycles. The van der Waals surface area contributed by atoms with Gasteiger partial charge < -0.3 is 10.1 Å². The number of para-hydroxylation sites is 1. The van der Waals surface area contributed by atoms with E-state index in [2.05, 4.69) is 10.4 Å². The van der Waals surface area contributed by atoms with E-state index in [1.165, 1.54) is 12.4 Å². The second-order valence-electron chi connectivity index (χ2n) is 8.51. The lowest BCUT2D eigenvalue weighted by atomic mass is 10.0. The van der Waals surface area contributed by atoms with Crippen molar-refractivity contribution in [1.29, 1.82) is 0 Å². The minimum Gasteiger partial charge on any atom is -0.453 e. The van der Waals surface area contributed by atoms with Crippen molar-refractivity contribution in [2.45, 2.75) is 44.2 Å². The van der Waals surface area contributed by atoms with E-state index in [0.29, 0.717) is 23.3 Å². The van der Waals surface area contributed by atoms with E-state index in [1.807, 2.05) is 26.8 Å². The molecule has 1 unspecified atom stereocenters. The third-order valence-electron chi connectivity index (χ3n) is 5.92. The summed E-state index contributed by atoms with van der Waals surface area (Å²) < 4.78 is 48.1.